The molecule has 6 heteroatoms. The van der Waals surface area contributed by atoms with E-state index in [1.54, 1.807) is 19.9 Å². The van der Waals surface area contributed by atoms with Crippen LogP contribution in [0, 0.1) is 6.92 Å². The van der Waals surface area contributed by atoms with Gasteiger partial charge in [-0.15, -0.1) is 0 Å². The highest BCUT2D eigenvalue weighted by molar-refractivity contribution is 7.89. The molecule has 0 aromatic heterocycles. The van der Waals surface area contributed by atoms with E-state index in [4.69, 9.17) is 0 Å². The standard InChI is InChI=1S/C18H22N2O3S/c1-4-19-18(21)17-12-16(11-10-13(17)2)24(22,23)20-14(3)15-8-6-5-7-9-15/h5-12,14,20H,4H2,1-3H3,(H,19,21)/t14-/m1/s1. The summed E-state index contributed by atoms with van der Waals surface area (Å²) in [5.74, 6) is -0.275. The molecule has 0 saturated heterocycles. The van der Waals surface area contributed by atoms with E-state index in [9.17, 15) is 13.2 Å². The fraction of sp³-hybridized carbons (Fsp3) is 0.278. The number of aryl methyl sites for hydroxylation is 1. The molecule has 24 heavy (non-hydrogen) atoms. The summed E-state index contributed by atoms with van der Waals surface area (Å²) in [5, 5.41) is 2.69. The van der Waals surface area contributed by atoms with Gasteiger partial charge in [-0.2, -0.15) is 0 Å². The molecule has 0 fully saturated rings. The Morgan fingerprint density at radius 3 is 2.42 bits per heavy atom. The summed E-state index contributed by atoms with van der Waals surface area (Å²) < 4.78 is 27.9. The molecule has 128 valence electrons. The van der Waals surface area contributed by atoms with Gasteiger partial charge in [0, 0.05) is 18.2 Å². The van der Waals surface area contributed by atoms with Gasteiger partial charge >= 0.3 is 0 Å². The molecule has 0 unspecified atom stereocenters. The number of hydrogen-bond donors (Lipinski definition) is 2. The van der Waals surface area contributed by atoms with Gasteiger partial charge in [0.05, 0.1) is 4.90 Å². The third-order valence-electron chi connectivity index (χ3n) is 3.73. The second-order valence-corrected chi connectivity index (χ2v) is 7.30. The summed E-state index contributed by atoms with van der Waals surface area (Å²) >= 11 is 0. The Morgan fingerprint density at radius 2 is 1.79 bits per heavy atom. The zero-order valence-electron chi connectivity index (χ0n) is 14.0. The number of carbonyl (C=O) groups is 1. The normalized spacial score (nSPS) is 12.6. The van der Waals surface area contributed by atoms with E-state index in [0.29, 0.717) is 12.1 Å². The van der Waals surface area contributed by atoms with Gasteiger partial charge in [0.25, 0.3) is 5.91 Å². The van der Waals surface area contributed by atoms with Crippen molar-refractivity contribution in [3.8, 4) is 0 Å². The predicted octanol–water partition coefficient (Wildman–Crippen LogP) is 2.78. The number of carbonyl (C=O) groups excluding carboxylic acids is 1. The predicted molar refractivity (Wildman–Crippen MR) is 94.4 cm³/mol. The molecular weight excluding hydrogens is 324 g/mol. The molecule has 5 nitrogen and oxygen atoms in total. The molecule has 0 heterocycles. The second kappa shape index (κ2) is 7.59. The Balaban J connectivity index is 2.29. The van der Waals surface area contributed by atoms with Crippen LogP contribution in [0.25, 0.3) is 0 Å². The molecule has 0 radical (unpaired) electrons. The van der Waals surface area contributed by atoms with E-state index in [-0.39, 0.29) is 16.8 Å². The monoisotopic (exact) mass is 346 g/mol. The lowest BCUT2D eigenvalue weighted by atomic mass is 10.1. The largest absolute Gasteiger partial charge is 0.352 e. The fourth-order valence-corrected chi connectivity index (χ4v) is 3.64. The summed E-state index contributed by atoms with van der Waals surface area (Å²) in [6.07, 6.45) is 0. The molecule has 0 aliphatic carbocycles. The van der Waals surface area contributed by atoms with E-state index < -0.39 is 10.0 Å². The third kappa shape index (κ3) is 4.21. The Bertz CT molecular complexity index is 817. The number of hydrogen-bond acceptors (Lipinski definition) is 3. The first-order chi connectivity index (χ1) is 11.3. The highest BCUT2D eigenvalue weighted by Crippen LogP contribution is 2.19. The molecule has 0 aliphatic heterocycles. The van der Waals surface area contributed by atoms with Crippen LogP contribution in [0.15, 0.2) is 53.4 Å². The van der Waals surface area contributed by atoms with Crippen LogP contribution in [0.4, 0.5) is 0 Å². The first-order valence-electron chi connectivity index (χ1n) is 7.81. The number of rotatable bonds is 6. The number of sulfonamides is 1. The second-order valence-electron chi connectivity index (χ2n) is 5.59. The van der Waals surface area contributed by atoms with Crippen molar-refractivity contribution in [3.05, 3.63) is 65.2 Å². The number of benzene rings is 2. The molecule has 0 bridgehead atoms. The lowest BCUT2D eigenvalue weighted by molar-refractivity contribution is 0.0955. The Labute approximate surface area is 143 Å². The topological polar surface area (TPSA) is 75.3 Å². The molecule has 0 saturated carbocycles. The summed E-state index contributed by atoms with van der Waals surface area (Å²) in [6, 6.07) is 13.5. The lowest BCUT2D eigenvalue weighted by Gasteiger charge is -2.15. The van der Waals surface area contributed by atoms with Crippen molar-refractivity contribution in [2.24, 2.45) is 0 Å². The maximum Gasteiger partial charge on any atom is 0.251 e. The van der Waals surface area contributed by atoms with Crippen molar-refractivity contribution in [1.82, 2.24) is 10.0 Å². The van der Waals surface area contributed by atoms with E-state index >= 15 is 0 Å². The highest BCUT2D eigenvalue weighted by Gasteiger charge is 2.20. The average molecular weight is 346 g/mol. The SMILES string of the molecule is CCNC(=O)c1cc(S(=O)(=O)N[C@H](C)c2ccccc2)ccc1C. The Morgan fingerprint density at radius 1 is 1.12 bits per heavy atom. The number of nitrogens with one attached hydrogen (secondary N) is 2. The molecule has 2 aromatic rings. The average Bonchev–Trinajstić information content (AvgIpc) is 2.55. The summed E-state index contributed by atoms with van der Waals surface area (Å²) in [5.41, 5.74) is 1.97. The minimum absolute atomic E-state index is 0.0807. The summed E-state index contributed by atoms with van der Waals surface area (Å²) in [6.45, 7) is 5.86. The van der Waals surface area contributed by atoms with Crippen LogP contribution < -0.4 is 10.0 Å². The van der Waals surface area contributed by atoms with Gasteiger partial charge in [0.2, 0.25) is 10.0 Å². The van der Waals surface area contributed by atoms with Crippen molar-refractivity contribution in [2.45, 2.75) is 31.7 Å². The quantitative estimate of drug-likeness (QED) is 0.844. The van der Waals surface area contributed by atoms with Crippen molar-refractivity contribution in [2.75, 3.05) is 6.54 Å². The molecule has 2 N–H and O–H groups in total. The third-order valence-corrected chi connectivity index (χ3v) is 5.27. The molecule has 1 amide bonds. The fourth-order valence-electron chi connectivity index (χ4n) is 2.38. The van der Waals surface area contributed by atoms with Gasteiger partial charge in [-0.1, -0.05) is 36.4 Å². The maximum atomic E-state index is 12.6. The summed E-state index contributed by atoms with van der Waals surface area (Å²) in [4.78, 5) is 12.1. The lowest BCUT2D eigenvalue weighted by Crippen LogP contribution is -2.28. The first kappa shape index (κ1) is 18.2. The van der Waals surface area contributed by atoms with Crippen LogP contribution in [-0.2, 0) is 10.0 Å². The van der Waals surface area contributed by atoms with Gasteiger partial charge in [0.15, 0.2) is 0 Å². The van der Waals surface area contributed by atoms with Crippen LogP contribution in [0.5, 0.6) is 0 Å². The molecule has 0 spiro atoms. The van der Waals surface area contributed by atoms with Crippen LogP contribution in [0.2, 0.25) is 0 Å². The minimum Gasteiger partial charge on any atom is -0.352 e. The zero-order valence-corrected chi connectivity index (χ0v) is 14.9. The van der Waals surface area contributed by atoms with Gasteiger partial charge in [0.1, 0.15) is 0 Å². The molecule has 2 aromatic carbocycles. The van der Waals surface area contributed by atoms with Crippen molar-refractivity contribution in [3.63, 3.8) is 0 Å². The number of amides is 1. The smallest absolute Gasteiger partial charge is 0.251 e. The zero-order chi connectivity index (χ0) is 17.7. The van der Waals surface area contributed by atoms with E-state index in [2.05, 4.69) is 10.0 Å². The highest BCUT2D eigenvalue weighted by atomic mass is 32.2. The van der Waals surface area contributed by atoms with Crippen molar-refractivity contribution >= 4 is 15.9 Å². The first-order valence-corrected chi connectivity index (χ1v) is 9.29. The molecule has 1 atom stereocenters. The maximum absolute atomic E-state index is 12.6. The van der Waals surface area contributed by atoms with Gasteiger partial charge in [-0.05, 0) is 44.0 Å². The Hall–Kier alpha value is -2.18. The molecule has 0 aliphatic rings. The van der Waals surface area contributed by atoms with Crippen LogP contribution in [0.1, 0.15) is 41.4 Å². The van der Waals surface area contributed by atoms with Gasteiger partial charge in [-0.25, -0.2) is 13.1 Å². The van der Waals surface area contributed by atoms with Crippen molar-refractivity contribution < 1.29 is 13.2 Å². The van der Waals surface area contributed by atoms with Gasteiger partial charge in [-0.3, -0.25) is 4.79 Å². The molecular formula is C18H22N2O3S. The van der Waals surface area contributed by atoms with E-state index in [0.717, 1.165) is 11.1 Å². The van der Waals surface area contributed by atoms with Crippen LogP contribution >= 0.6 is 0 Å². The van der Waals surface area contributed by atoms with Crippen LogP contribution in [0.3, 0.4) is 0 Å². The Kier molecular flexibility index (Phi) is 5.75. The minimum atomic E-state index is -3.73. The molecule has 2 rings (SSSR count). The van der Waals surface area contributed by atoms with E-state index in [1.165, 1.54) is 12.1 Å². The van der Waals surface area contributed by atoms with E-state index in [1.807, 2.05) is 37.3 Å². The van der Waals surface area contributed by atoms with Crippen molar-refractivity contribution in [1.29, 1.82) is 0 Å². The van der Waals surface area contributed by atoms with Gasteiger partial charge < -0.3 is 5.32 Å². The summed E-state index contributed by atoms with van der Waals surface area (Å²) in [7, 11) is -3.73. The van der Waals surface area contributed by atoms with Crippen LogP contribution in [-0.4, -0.2) is 20.9 Å².